The van der Waals surface area contributed by atoms with Gasteiger partial charge in [0.05, 0.1) is 12.7 Å². The van der Waals surface area contributed by atoms with Gasteiger partial charge in [0.1, 0.15) is 0 Å². The predicted molar refractivity (Wildman–Crippen MR) is 57.6 cm³/mol. The number of hydrogen-bond donors (Lipinski definition) is 1. The van der Waals surface area contributed by atoms with Crippen LogP contribution in [0.5, 0.6) is 0 Å². The highest BCUT2D eigenvalue weighted by Gasteiger charge is 2.25. The lowest BCUT2D eigenvalue weighted by molar-refractivity contribution is 0.127. The molecule has 0 spiro atoms. The quantitative estimate of drug-likeness (QED) is 0.786. The highest BCUT2D eigenvalue weighted by Crippen LogP contribution is 2.30. The van der Waals surface area contributed by atoms with E-state index in [4.69, 9.17) is 9.84 Å². The summed E-state index contributed by atoms with van der Waals surface area (Å²) < 4.78 is 5.47. The first-order chi connectivity index (χ1) is 7.29. The molecule has 1 aliphatic heterocycles. The molecule has 0 bridgehead atoms. The molecule has 2 heterocycles. The predicted octanol–water partition coefficient (Wildman–Crippen LogP) is 1.24. The molecule has 0 aliphatic carbocycles. The molecule has 1 fully saturated rings. The third kappa shape index (κ3) is 2.68. The molecule has 4 nitrogen and oxygen atoms in total. The first-order valence-electron chi connectivity index (χ1n) is 4.99. The lowest BCUT2D eigenvalue weighted by atomic mass is 10.3. The molecule has 1 saturated heterocycles. The smallest absolute Gasteiger partial charge is 0.187 e. The number of thioether (sulfide) groups is 1. The third-order valence-electron chi connectivity index (χ3n) is 2.43. The van der Waals surface area contributed by atoms with Crippen LogP contribution in [0.25, 0.3) is 0 Å². The van der Waals surface area contributed by atoms with Gasteiger partial charge in [-0.3, -0.25) is 0 Å². The van der Waals surface area contributed by atoms with Crippen LogP contribution in [0.2, 0.25) is 0 Å². The molecule has 2 unspecified atom stereocenters. The van der Waals surface area contributed by atoms with Crippen LogP contribution in [-0.4, -0.2) is 33.0 Å². The Balaban J connectivity index is 1.98. The molecule has 5 heteroatoms. The number of aromatic nitrogens is 2. The summed E-state index contributed by atoms with van der Waals surface area (Å²) in [4.78, 5) is 8.37. The van der Waals surface area contributed by atoms with Gasteiger partial charge in [-0.25, -0.2) is 9.97 Å². The summed E-state index contributed by atoms with van der Waals surface area (Å²) in [7, 11) is 0. The largest absolute Gasteiger partial charge is 0.392 e. The molecule has 0 aromatic carbocycles. The molecular formula is C10H14N2O2S. The highest BCUT2D eigenvalue weighted by atomic mass is 32.2. The van der Waals surface area contributed by atoms with Crippen molar-refractivity contribution in [2.45, 2.75) is 36.5 Å². The highest BCUT2D eigenvalue weighted by molar-refractivity contribution is 7.99. The first-order valence-corrected chi connectivity index (χ1v) is 5.87. The Kier molecular flexibility index (Phi) is 3.56. The van der Waals surface area contributed by atoms with Crippen molar-refractivity contribution < 1.29 is 9.84 Å². The van der Waals surface area contributed by atoms with Crippen molar-refractivity contribution in [2.24, 2.45) is 0 Å². The van der Waals surface area contributed by atoms with Crippen LogP contribution >= 0.6 is 11.8 Å². The lowest BCUT2D eigenvalue weighted by Gasteiger charge is -2.11. The summed E-state index contributed by atoms with van der Waals surface area (Å²) in [5, 5.41) is 10.1. The number of rotatable bonds is 3. The van der Waals surface area contributed by atoms with E-state index in [1.807, 2.05) is 0 Å². The summed E-state index contributed by atoms with van der Waals surface area (Å²) in [6.07, 6.45) is 4.65. The molecule has 1 aromatic heterocycles. The van der Waals surface area contributed by atoms with Gasteiger partial charge in [0.2, 0.25) is 0 Å². The van der Waals surface area contributed by atoms with Crippen molar-refractivity contribution in [3.8, 4) is 0 Å². The Hall–Kier alpha value is -0.650. The van der Waals surface area contributed by atoms with E-state index in [9.17, 15) is 0 Å². The van der Waals surface area contributed by atoms with Gasteiger partial charge in [0.25, 0.3) is 0 Å². The number of aliphatic hydroxyl groups is 1. The van der Waals surface area contributed by atoms with E-state index in [0.29, 0.717) is 5.25 Å². The molecule has 1 aliphatic rings. The molecule has 1 N–H and O–H groups in total. The van der Waals surface area contributed by atoms with Crippen LogP contribution in [0.1, 0.15) is 18.9 Å². The molecule has 2 rings (SSSR count). The minimum atomic E-state index is -0.00606. The van der Waals surface area contributed by atoms with E-state index in [1.165, 1.54) is 0 Å². The zero-order valence-corrected chi connectivity index (χ0v) is 9.41. The molecule has 0 radical (unpaired) electrons. The summed E-state index contributed by atoms with van der Waals surface area (Å²) in [6.45, 7) is 2.90. The minimum absolute atomic E-state index is 0.00606. The average Bonchev–Trinajstić information content (AvgIpc) is 2.66. The maximum absolute atomic E-state index is 8.85. The maximum atomic E-state index is 8.85. The molecule has 2 atom stereocenters. The number of ether oxygens (including phenoxy) is 1. The lowest BCUT2D eigenvalue weighted by Crippen LogP contribution is -2.13. The summed E-state index contributed by atoms with van der Waals surface area (Å²) in [5.41, 5.74) is 0.745. The standard InChI is InChI=1S/C10H14N2O2S/c1-7-9(2-3-14-7)15-10-11-4-8(6-13)5-12-10/h4-5,7,9,13H,2-3,6H2,1H3. The minimum Gasteiger partial charge on any atom is -0.392 e. The Labute approximate surface area is 93.1 Å². The SMILES string of the molecule is CC1OCCC1Sc1ncc(CO)cn1. The first kappa shape index (κ1) is 10.9. The Morgan fingerprint density at radius 1 is 1.53 bits per heavy atom. The second kappa shape index (κ2) is 4.92. The molecule has 15 heavy (non-hydrogen) atoms. The topological polar surface area (TPSA) is 55.2 Å². The van der Waals surface area contributed by atoms with Crippen molar-refractivity contribution in [2.75, 3.05) is 6.61 Å². The molecule has 0 amide bonds. The van der Waals surface area contributed by atoms with Crippen LogP contribution in [0.15, 0.2) is 17.6 Å². The van der Waals surface area contributed by atoms with E-state index in [-0.39, 0.29) is 12.7 Å². The summed E-state index contributed by atoms with van der Waals surface area (Å²) in [6, 6.07) is 0. The van der Waals surface area contributed by atoms with Gasteiger partial charge in [0.15, 0.2) is 5.16 Å². The summed E-state index contributed by atoms with van der Waals surface area (Å²) >= 11 is 1.65. The number of aliphatic hydroxyl groups excluding tert-OH is 1. The normalized spacial score (nSPS) is 25.7. The average molecular weight is 226 g/mol. The van der Waals surface area contributed by atoms with Crippen LogP contribution in [0, 0.1) is 0 Å². The fraction of sp³-hybridized carbons (Fsp3) is 0.600. The van der Waals surface area contributed by atoms with Gasteiger partial charge in [-0.2, -0.15) is 0 Å². The zero-order valence-electron chi connectivity index (χ0n) is 8.59. The van der Waals surface area contributed by atoms with E-state index >= 15 is 0 Å². The van der Waals surface area contributed by atoms with Gasteiger partial charge in [0, 0.05) is 29.8 Å². The van der Waals surface area contributed by atoms with Crippen molar-refractivity contribution in [1.29, 1.82) is 0 Å². The third-order valence-corrected chi connectivity index (χ3v) is 3.77. The fourth-order valence-electron chi connectivity index (χ4n) is 1.49. The van der Waals surface area contributed by atoms with Crippen molar-refractivity contribution >= 4 is 11.8 Å². The van der Waals surface area contributed by atoms with Gasteiger partial charge in [-0.05, 0) is 13.3 Å². The Bertz CT molecular complexity index is 318. The fourth-order valence-corrected chi connectivity index (χ4v) is 2.47. The molecular weight excluding hydrogens is 212 g/mol. The van der Waals surface area contributed by atoms with Crippen molar-refractivity contribution in [1.82, 2.24) is 9.97 Å². The second-order valence-corrected chi connectivity index (χ2v) is 4.76. The molecule has 82 valence electrons. The zero-order chi connectivity index (χ0) is 10.7. The van der Waals surface area contributed by atoms with Crippen molar-refractivity contribution in [3.05, 3.63) is 18.0 Å². The Morgan fingerprint density at radius 3 is 2.80 bits per heavy atom. The van der Waals surface area contributed by atoms with Crippen LogP contribution in [0.3, 0.4) is 0 Å². The number of hydrogen-bond acceptors (Lipinski definition) is 5. The van der Waals surface area contributed by atoms with Crippen LogP contribution in [-0.2, 0) is 11.3 Å². The van der Waals surface area contributed by atoms with Gasteiger partial charge in [-0.1, -0.05) is 11.8 Å². The van der Waals surface area contributed by atoms with Crippen LogP contribution < -0.4 is 0 Å². The number of nitrogens with zero attached hydrogens (tertiary/aromatic N) is 2. The monoisotopic (exact) mass is 226 g/mol. The molecule has 0 saturated carbocycles. The van der Waals surface area contributed by atoms with Crippen molar-refractivity contribution in [3.63, 3.8) is 0 Å². The van der Waals surface area contributed by atoms with Crippen LogP contribution in [0.4, 0.5) is 0 Å². The van der Waals surface area contributed by atoms with E-state index in [2.05, 4.69) is 16.9 Å². The van der Waals surface area contributed by atoms with E-state index < -0.39 is 0 Å². The van der Waals surface area contributed by atoms with Gasteiger partial charge >= 0.3 is 0 Å². The van der Waals surface area contributed by atoms with Gasteiger partial charge < -0.3 is 9.84 Å². The molecule has 1 aromatic rings. The summed E-state index contributed by atoms with van der Waals surface area (Å²) in [5.74, 6) is 0. The van der Waals surface area contributed by atoms with E-state index in [0.717, 1.165) is 23.7 Å². The maximum Gasteiger partial charge on any atom is 0.187 e. The Morgan fingerprint density at radius 2 is 2.27 bits per heavy atom. The van der Waals surface area contributed by atoms with E-state index in [1.54, 1.807) is 24.2 Å². The second-order valence-electron chi connectivity index (χ2n) is 3.55. The van der Waals surface area contributed by atoms with Gasteiger partial charge in [-0.15, -0.1) is 0 Å².